The van der Waals surface area contributed by atoms with Gasteiger partial charge in [0.25, 0.3) is 5.91 Å². The van der Waals surface area contributed by atoms with Crippen molar-refractivity contribution < 1.29 is 13.6 Å². The Balaban J connectivity index is 1.06. The van der Waals surface area contributed by atoms with Crippen LogP contribution in [0.25, 0.3) is 22.2 Å². The third-order valence-electron chi connectivity index (χ3n) is 5.73. The molecule has 3 aromatic heterocycles. The predicted octanol–water partition coefficient (Wildman–Crippen LogP) is 4.06. The molecule has 3 N–H and O–H groups in total. The van der Waals surface area contributed by atoms with Crippen molar-refractivity contribution in [2.24, 2.45) is 0 Å². The van der Waals surface area contributed by atoms with Crippen LogP contribution in [0.4, 0.5) is 4.39 Å². The van der Waals surface area contributed by atoms with Gasteiger partial charge in [-0.3, -0.25) is 9.78 Å². The summed E-state index contributed by atoms with van der Waals surface area (Å²) in [5, 5.41) is 5.94. The zero-order valence-electron chi connectivity index (χ0n) is 19.5. The van der Waals surface area contributed by atoms with Crippen molar-refractivity contribution in [2.45, 2.75) is 19.4 Å². The van der Waals surface area contributed by atoms with Gasteiger partial charge in [0.2, 0.25) is 0 Å². The summed E-state index contributed by atoms with van der Waals surface area (Å²) in [6.07, 6.45) is 4.06. The molecule has 36 heavy (non-hydrogen) atoms. The van der Waals surface area contributed by atoms with Gasteiger partial charge in [0.05, 0.1) is 23.3 Å². The number of aromatic amines is 1. The average Bonchev–Trinajstić information content (AvgIpc) is 3.55. The highest BCUT2D eigenvalue weighted by Gasteiger charge is 2.13. The van der Waals surface area contributed by atoms with E-state index in [1.54, 1.807) is 0 Å². The van der Waals surface area contributed by atoms with Crippen molar-refractivity contribution in [2.75, 3.05) is 13.1 Å². The second kappa shape index (κ2) is 10.9. The summed E-state index contributed by atoms with van der Waals surface area (Å²) in [6, 6.07) is 19.3. The zero-order chi connectivity index (χ0) is 24.7. The summed E-state index contributed by atoms with van der Waals surface area (Å²) in [5.74, 6) is 0.462. The fourth-order valence-electron chi connectivity index (χ4n) is 3.85. The molecule has 3 heterocycles. The maximum Gasteiger partial charge on any atom is 0.273 e. The molecule has 0 bridgehead atoms. The summed E-state index contributed by atoms with van der Waals surface area (Å²) < 4.78 is 19.0. The van der Waals surface area contributed by atoms with Crippen LogP contribution < -0.4 is 10.6 Å². The summed E-state index contributed by atoms with van der Waals surface area (Å²) in [4.78, 5) is 28.4. The van der Waals surface area contributed by atoms with Crippen LogP contribution in [0.15, 0.2) is 77.5 Å². The van der Waals surface area contributed by atoms with E-state index < -0.39 is 11.7 Å². The number of rotatable bonds is 10. The lowest BCUT2D eigenvalue weighted by Crippen LogP contribution is -2.24. The first-order valence-electron chi connectivity index (χ1n) is 11.7. The number of aromatic nitrogens is 4. The molecule has 9 heteroatoms. The van der Waals surface area contributed by atoms with Gasteiger partial charge in [-0.1, -0.05) is 36.4 Å². The number of amides is 1. The number of fused-ring (bicyclic) bond motifs is 1. The van der Waals surface area contributed by atoms with Gasteiger partial charge >= 0.3 is 0 Å². The highest BCUT2D eigenvalue weighted by molar-refractivity contribution is 5.91. The van der Waals surface area contributed by atoms with Crippen LogP contribution in [0, 0.1) is 5.82 Å². The number of H-pyrrole nitrogens is 1. The van der Waals surface area contributed by atoms with Crippen molar-refractivity contribution in [3.63, 3.8) is 0 Å². The van der Waals surface area contributed by atoms with Gasteiger partial charge in [-0.2, -0.15) is 0 Å². The molecule has 0 atom stereocenters. The number of benzene rings is 2. The molecule has 0 saturated carbocycles. The minimum atomic E-state index is -0.468. The largest absolute Gasteiger partial charge is 0.448 e. The second-order valence-electron chi connectivity index (χ2n) is 8.27. The Labute approximate surface area is 207 Å². The minimum Gasteiger partial charge on any atom is -0.448 e. The Kier molecular flexibility index (Phi) is 7.09. The maximum absolute atomic E-state index is 13.6. The van der Waals surface area contributed by atoms with Gasteiger partial charge in [0.15, 0.2) is 11.6 Å². The zero-order valence-corrected chi connectivity index (χ0v) is 19.5. The van der Waals surface area contributed by atoms with Crippen molar-refractivity contribution in [3.8, 4) is 11.1 Å². The van der Waals surface area contributed by atoms with Crippen LogP contribution in [-0.4, -0.2) is 38.9 Å². The first-order chi connectivity index (χ1) is 17.7. The number of oxazole rings is 1. The number of nitrogens with zero attached hydrogens (tertiary/aromatic N) is 3. The van der Waals surface area contributed by atoms with E-state index in [0.717, 1.165) is 35.4 Å². The number of halogens is 1. The predicted molar refractivity (Wildman–Crippen MR) is 134 cm³/mol. The molecule has 182 valence electrons. The first kappa shape index (κ1) is 23.4. The molecule has 0 unspecified atom stereocenters. The monoisotopic (exact) mass is 484 g/mol. The van der Waals surface area contributed by atoms with Crippen molar-refractivity contribution in [1.29, 1.82) is 0 Å². The number of hydrogen-bond donors (Lipinski definition) is 3. The van der Waals surface area contributed by atoms with E-state index in [9.17, 15) is 9.18 Å². The first-order valence-corrected chi connectivity index (χ1v) is 11.7. The molecular formula is C27H25FN6O2. The molecule has 1 amide bonds. The van der Waals surface area contributed by atoms with E-state index in [1.807, 2.05) is 24.3 Å². The van der Waals surface area contributed by atoms with E-state index in [0.29, 0.717) is 18.9 Å². The summed E-state index contributed by atoms with van der Waals surface area (Å²) in [5.41, 5.74) is 4.60. The minimum absolute atomic E-state index is 0.0232. The van der Waals surface area contributed by atoms with Crippen LogP contribution in [0.2, 0.25) is 0 Å². The number of hydrogen-bond acceptors (Lipinski definition) is 6. The maximum atomic E-state index is 13.6. The van der Waals surface area contributed by atoms with Crippen LogP contribution in [0.1, 0.15) is 27.9 Å². The van der Waals surface area contributed by atoms with Gasteiger partial charge in [-0.15, -0.1) is 0 Å². The normalized spacial score (nSPS) is 11.1. The van der Waals surface area contributed by atoms with E-state index in [4.69, 9.17) is 4.42 Å². The number of carbonyl (C=O) groups is 1. The van der Waals surface area contributed by atoms with E-state index >= 15 is 0 Å². The molecule has 0 spiro atoms. The number of carbonyl (C=O) groups excluding carboxylic acids is 1. The van der Waals surface area contributed by atoms with Gasteiger partial charge in [0, 0.05) is 32.1 Å². The van der Waals surface area contributed by atoms with Gasteiger partial charge in [-0.25, -0.2) is 14.4 Å². The van der Waals surface area contributed by atoms with Gasteiger partial charge in [0.1, 0.15) is 17.9 Å². The van der Waals surface area contributed by atoms with E-state index in [-0.39, 0.29) is 17.9 Å². The Morgan fingerprint density at radius 3 is 2.69 bits per heavy atom. The molecule has 5 aromatic rings. The molecule has 0 aliphatic rings. The highest BCUT2D eigenvalue weighted by atomic mass is 19.1. The quantitative estimate of drug-likeness (QED) is 0.258. The Hall–Kier alpha value is -4.37. The molecule has 0 saturated heterocycles. The van der Waals surface area contributed by atoms with Crippen LogP contribution in [0.5, 0.6) is 0 Å². The fourth-order valence-corrected chi connectivity index (χ4v) is 3.85. The number of nitrogens with one attached hydrogen (secondary N) is 3. The number of pyridine rings is 1. The molecule has 0 aliphatic heterocycles. The van der Waals surface area contributed by atoms with Crippen LogP contribution in [-0.2, 0) is 19.4 Å². The summed E-state index contributed by atoms with van der Waals surface area (Å²) in [7, 11) is 0. The van der Waals surface area contributed by atoms with Gasteiger partial charge < -0.3 is 20.0 Å². The van der Waals surface area contributed by atoms with E-state index in [2.05, 4.69) is 54.8 Å². The lowest BCUT2D eigenvalue weighted by atomic mass is 10.1. The van der Waals surface area contributed by atoms with Crippen LogP contribution >= 0.6 is 0 Å². The van der Waals surface area contributed by atoms with Crippen molar-refractivity contribution in [1.82, 2.24) is 30.6 Å². The standard InChI is InChI=1S/C27H25FN6O2/c28-20-7-4-12-30-23(20)16-31-27(35)24-17-36-26(34-24)11-14-29-13-10-25-32-21-9-8-19(15-22(21)33-25)18-5-2-1-3-6-18/h1-9,12,15,17,29H,10-11,13-14,16H2,(H,31,35)(H,32,33). The van der Waals surface area contributed by atoms with Gasteiger partial charge in [-0.05, 0) is 35.4 Å². The molecule has 2 aromatic carbocycles. The highest BCUT2D eigenvalue weighted by Crippen LogP contribution is 2.23. The summed E-state index contributed by atoms with van der Waals surface area (Å²) >= 11 is 0. The Morgan fingerprint density at radius 2 is 1.83 bits per heavy atom. The fraction of sp³-hybridized carbons (Fsp3) is 0.185. The smallest absolute Gasteiger partial charge is 0.273 e. The SMILES string of the molecule is O=C(NCc1ncccc1F)c1coc(CCNCCc2nc3ccc(-c4ccccc4)cc3[nH]2)n1. The summed E-state index contributed by atoms with van der Waals surface area (Å²) in [6.45, 7) is 1.35. The molecule has 0 radical (unpaired) electrons. The molecule has 5 rings (SSSR count). The Morgan fingerprint density at radius 1 is 0.972 bits per heavy atom. The topological polar surface area (TPSA) is 109 Å². The molecular weight excluding hydrogens is 459 g/mol. The third kappa shape index (κ3) is 5.64. The third-order valence-corrected chi connectivity index (χ3v) is 5.73. The molecule has 0 aliphatic carbocycles. The van der Waals surface area contributed by atoms with E-state index in [1.165, 1.54) is 30.2 Å². The van der Waals surface area contributed by atoms with Crippen molar-refractivity contribution >= 4 is 16.9 Å². The second-order valence-corrected chi connectivity index (χ2v) is 8.27. The lowest BCUT2D eigenvalue weighted by Gasteiger charge is -2.03. The molecule has 8 nitrogen and oxygen atoms in total. The van der Waals surface area contributed by atoms with Crippen LogP contribution in [0.3, 0.4) is 0 Å². The van der Waals surface area contributed by atoms with Crippen molar-refractivity contribution in [3.05, 3.63) is 102 Å². The average molecular weight is 485 g/mol. The Bertz CT molecular complexity index is 1460. The lowest BCUT2D eigenvalue weighted by molar-refractivity contribution is 0.0945. The molecule has 0 fully saturated rings. The number of imidazole rings is 1.